The van der Waals surface area contributed by atoms with Crippen LogP contribution in [0.15, 0.2) is 18.2 Å². The van der Waals surface area contributed by atoms with E-state index in [1.54, 1.807) is 26.0 Å². The van der Waals surface area contributed by atoms with E-state index in [-0.39, 0.29) is 18.1 Å². The molecule has 0 saturated carbocycles. The number of hydrogen-bond acceptors (Lipinski definition) is 4. The first-order chi connectivity index (χ1) is 9.17. The van der Waals surface area contributed by atoms with Crippen LogP contribution in [-0.2, 0) is 15.7 Å². The smallest absolute Gasteiger partial charge is 0.360 e. The summed E-state index contributed by atoms with van der Waals surface area (Å²) >= 11 is 5.57. The summed E-state index contributed by atoms with van der Waals surface area (Å²) in [7, 11) is -4.40. The van der Waals surface area contributed by atoms with E-state index in [0.29, 0.717) is 11.3 Å². The molecule has 0 bridgehead atoms. The number of benzene rings is 1. The Balaban J connectivity index is 2.49. The second-order valence-electron chi connectivity index (χ2n) is 5.11. The Labute approximate surface area is 122 Å². The van der Waals surface area contributed by atoms with E-state index >= 15 is 0 Å². The average Bonchev–Trinajstić information content (AvgIpc) is 2.56. The fourth-order valence-electron chi connectivity index (χ4n) is 2.13. The summed E-state index contributed by atoms with van der Waals surface area (Å²) in [6.45, 7) is 3.52. The Hall–Kier alpha value is -1.02. The van der Waals surface area contributed by atoms with Gasteiger partial charge in [-0.05, 0) is 32.0 Å². The molecule has 0 amide bonds. The first-order valence-corrected chi connectivity index (χ1v) is 7.91. The number of nitrogens with zero attached hydrogens (tertiary/aromatic N) is 1. The monoisotopic (exact) mass is 321 g/mol. The summed E-state index contributed by atoms with van der Waals surface area (Å²) in [6, 6.07) is 4.63. The number of halogens is 1. The fourth-order valence-corrected chi connectivity index (χ4v) is 3.11. The van der Waals surface area contributed by atoms with E-state index in [0.717, 1.165) is 4.31 Å². The van der Waals surface area contributed by atoms with Gasteiger partial charge >= 0.3 is 10.3 Å². The van der Waals surface area contributed by atoms with Gasteiger partial charge in [-0.3, -0.25) is 4.55 Å². The van der Waals surface area contributed by atoms with Gasteiger partial charge in [0.1, 0.15) is 5.75 Å². The summed E-state index contributed by atoms with van der Waals surface area (Å²) in [5.74, 6) is 0.534. The van der Waals surface area contributed by atoms with E-state index in [4.69, 9.17) is 16.3 Å². The van der Waals surface area contributed by atoms with Crippen molar-refractivity contribution in [1.82, 2.24) is 0 Å². The normalized spacial score (nSPS) is 20.4. The Bertz CT molecular complexity index is 616. The number of anilines is 1. The molecule has 1 unspecified atom stereocenters. The minimum absolute atomic E-state index is 0.0411. The van der Waals surface area contributed by atoms with Gasteiger partial charge in [-0.1, -0.05) is 0 Å². The molecule has 1 atom stereocenters. The van der Waals surface area contributed by atoms with Crippen molar-refractivity contribution in [2.45, 2.75) is 25.6 Å². The topological polar surface area (TPSA) is 87.1 Å². The highest BCUT2D eigenvalue weighted by molar-refractivity contribution is 7.87. The van der Waals surface area contributed by atoms with Crippen LogP contribution in [0.4, 0.5) is 5.69 Å². The van der Waals surface area contributed by atoms with Crippen LogP contribution in [0.3, 0.4) is 0 Å². The van der Waals surface area contributed by atoms with E-state index in [1.165, 1.54) is 6.07 Å². The molecule has 1 aliphatic heterocycles. The molecule has 0 spiro atoms. The summed E-state index contributed by atoms with van der Waals surface area (Å²) in [5, 5.41) is 9.85. The van der Waals surface area contributed by atoms with Crippen LogP contribution in [0.5, 0.6) is 5.75 Å². The van der Waals surface area contributed by atoms with Crippen molar-refractivity contribution in [2.75, 3.05) is 16.7 Å². The molecule has 20 heavy (non-hydrogen) atoms. The molecule has 8 heteroatoms. The van der Waals surface area contributed by atoms with Crippen molar-refractivity contribution in [3.8, 4) is 5.75 Å². The van der Waals surface area contributed by atoms with Gasteiger partial charge in [-0.25, -0.2) is 4.31 Å². The van der Waals surface area contributed by atoms with Gasteiger partial charge in [0.2, 0.25) is 6.29 Å². The van der Waals surface area contributed by atoms with Crippen LogP contribution >= 0.6 is 11.6 Å². The molecule has 1 heterocycles. The van der Waals surface area contributed by atoms with Crippen LogP contribution in [-0.4, -0.2) is 36.8 Å². The van der Waals surface area contributed by atoms with Crippen molar-refractivity contribution in [1.29, 1.82) is 0 Å². The van der Waals surface area contributed by atoms with Gasteiger partial charge < -0.3 is 9.84 Å². The third-order valence-corrected chi connectivity index (χ3v) is 4.49. The number of rotatable bonds is 4. The summed E-state index contributed by atoms with van der Waals surface area (Å²) in [5.41, 5.74) is 0.278. The Kier molecular flexibility index (Phi) is 3.90. The van der Waals surface area contributed by atoms with Gasteiger partial charge in [0.15, 0.2) is 0 Å². The van der Waals surface area contributed by atoms with Crippen molar-refractivity contribution in [2.24, 2.45) is 0 Å². The van der Waals surface area contributed by atoms with Gasteiger partial charge in [0.25, 0.3) is 0 Å². The Morgan fingerprint density at radius 3 is 2.65 bits per heavy atom. The van der Waals surface area contributed by atoms with E-state index in [9.17, 15) is 18.1 Å². The van der Waals surface area contributed by atoms with Crippen molar-refractivity contribution < 1.29 is 22.8 Å². The quantitative estimate of drug-likeness (QED) is 0.648. The first-order valence-electron chi connectivity index (χ1n) is 5.98. The predicted molar refractivity (Wildman–Crippen MR) is 75.7 cm³/mol. The van der Waals surface area contributed by atoms with E-state index in [1.807, 2.05) is 0 Å². The molecule has 2 N–H and O–H groups in total. The average molecular weight is 322 g/mol. The van der Waals surface area contributed by atoms with Gasteiger partial charge in [0, 0.05) is 18.0 Å². The Morgan fingerprint density at radius 1 is 1.45 bits per heavy atom. The lowest BCUT2D eigenvalue weighted by molar-refractivity contribution is -0.0450. The molecule has 6 nitrogen and oxygen atoms in total. The first kappa shape index (κ1) is 15.4. The zero-order valence-electron chi connectivity index (χ0n) is 11.1. The number of fused-ring (bicyclic) bond motifs is 1. The van der Waals surface area contributed by atoms with Crippen molar-refractivity contribution in [3.05, 3.63) is 23.8 Å². The molecule has 0 radical (unpaired) electrons. The van der Waals surface area contributed by atoms with Gasteiger partial charge in [-0.15, -0.1) is 11.6 Å². The molecule has 0 aromatic heterocycles. The lowest BCUT2D eigenvalue weighted by Gasteiger charge is -2.23. The van der Waals surface area contributed by atoms with Crippen LogP contribution in [0, 0.1) is 0 Å². The summed E-state index contributed by atoms with van der Waals surface area (Å²) in [6.07, 6.45) is -1.00. The van der Waals surface area contributed by atoms with Crippen LogP contribution in [0.1, 0.15) is 19.4 Å². The number of aliphatic hydroxyl groups excluding tert-OH is 1. The zero-order chi connectivity index (χ0) is 15.1. The maximum absolute atomic E-state index is 11.4. The number of ether oxygens (including phenoxy) is 1. The number of hydrogen-bond donors (Lipinski definition) is 2. The third kappa shape index (κ3) is 2.58. The standard InChI is InChI=1S/C12H16ClNO5S/c1-12(2)9-7-8(3-4-10(9)19-11(12)15)14(6-5-13)20(16,17)18/h3-4,7,11,15H,5-6H2,1-2H3,(H,16,17,18). The molecular weight excluding hydrogens is 306 g/mol. The van der Waals surface area contributed by atoms with Crippen molar-refractivity contribution >= 4 is 27.6 Å². The molecule has 0 saturated heterocycles. The summed E-state index contributed by atoms with van der Waals surface area (Å²) in [4.78, 5) is 0. The van der Waals surface area contributed by atoms with Gasteiger partial charge in [-0.2, -0.15) is 8.42 Å². The number of alkyl halides is 1. The minimum atomic E-state index is -4.40. The molecule has 0 aliphatic carbocycles. The molecule has 112 valence electrons. The van der Waals surface area contributed by atoms with Crippen LogP contribution in [0.2, 0.25) is 0 Å². The highest BCUT2D eigenvalue weighted by Crippen LogP contribution is 2.43. The minimum Gasteiger partial charge on any atom is -0.464 e. The second kappa shape index (κ2) is 5.07. The highest BCUT2D eigenvalue weighted by atomic mass is 35.5. The maximum atomic E-state index is 11.4. The molecule has 0 fully saturated rings. The van der Waals surface area contributed by atoms with Gasteiger partial charge in [0.05, 0.1) is 11.1 Å². The highest BCUT2D eigenvalue weighted by Gasteiger charge is 2.41. The molecule has 1 aromatic rings. The largest absolute Gasteiger partial charge is 0.464 e. The molecule has 1 aliphatic rings. The van der Waals surface area contributed by atoms with E-state index in [2.05, 4.69) is 0 Å². The molecule has 2 rings (SSSR count). The second-order valence-corrected chi connectivity index (χ2v) is 6.83. The Morgan fingerprint density at radius 2 is 2.10 bits per heavy atom. The zero-order valence-corrected chi connectivity index (χ0v) is 12.6. The van der Waals surface area contributed by atoms with Crippen molar-refractivity contribution in [3.63, 3.8) is 0 Å². The summed E-state index contributed by atoms with van der Waals surface area (Å²) < 4.78 is 38.1. The number of aliphatic hydroxyl groups is 1. The SMILES string of the molecule is CC1(C)c2cc(N(CCCl)S(=O)(=O)O)ccc2OC1O. The lowest BCUT2D eigenvalue weighted by atomic mass is 9.85. The van der Waals surface area contributed by atoms with Crippen LogP contribution < -0.4 is 9.04 Å². The predicted octanol–water partition coefficient (Wildman–Crippen LogP) is 1.52. The maximum Gasteiger partial charge on any atom is 0.360 e. The van der Waals surface area contributed by atoms with E-state index < -0.39 is 22.0 Å². The molecule has 1 aromatic carbocycles. The van der Waals surface area contributed by atoms with Crippen LogP contribution in [0.25, 0.3) is 0 Å². The lowest BCUT2D eigenvalue weighted by Crippen LogP contribution is -2.33. The molecular formula is C12H16ClNO5S. The fraction of sp³-hybridized carbons (Fsp3) is 0.500. The third-order valence-electron chi connectivity index (χ3n) is 3.37.